The maximum absolute atomic E-state index is 12.6. The molecule has 2 amide bonds. The molecule has 0 radical (unpaired) electrons. The molecule has 0 spiro atoms. The third-order valence-corrected chi connectivity index (χ3v) is 5.88. The zero-order valence-corrected chi connectivity index (χ0v) is 20.4. The fourth-order valence-electron chi connectivity index (χ4n) is 3.87. The highest BCUT2D eigenvalue weighted by molar-refractivity contribution is 5.85. The largest absolute Gasteiger partial charge is 0.473 e. The van der Waals surface area contributed by atoms with E-state index in [2.05, 4.69) is 76.0 Å². The van der Waals surface area contributed by atoms with Gasteiger partial charge in [-0.25, -0.2) is 4.79 Å². The van der Waals surface area contributed by atoms with Crippen molar-refractivity contribution < 1.29 is 9.53 Å². The summed E-state index contributed by atoms with van der Waals surface area (Å²) in [5.74, 6) is 0.827. The molecule has 2 aromatic carbocycles. The van der Waals surface area contributed by atoms with Gasteiger partial charge in [-0.05, 0) is 55.0 Å². The van der Waals surface area contributed by atoms with E-state index in [4.69, 9.17) is 4.74 Å². The lowest BCUT2D eigenvalue weighted by atomic mass is 9.85. The molecule has 5 nitrogen and oxygen atoms in total. The Morgan fingerprint density at radius 3 is 2.35 bits per heavy atom. The van der Waals surface area contributed by atoms with Gasteiger partial charge in [0.25, 0.3) is 0 Å². The van der Waals surface area contributed by atoms with Crippen molar-refractivity contribution in [1.29, 1.82) is 0 Å². The Labute approximate surface area is 193 Å². The number of anilines is 1. The molecular formula is C25H36ClN3O2. The van der Waals surface area contributed by atoms with Gasteiger partial charge < -0.3 is 19.9 Å². The number of piperazine rings is 1. The third-order valence-electron chi connectivity index (χ3n) is 5.88. The predicted molar refractivity (Wildman–Crippen MR) is 131 cm³/mol. The van der Waals surface area contributed by atoms with Crippen LogP contribution >= 0.6 is 12.4 Å². The number of aryl methyl sites for hydroxylation is 2. The van der Waals surface area contributed by atoms with Gasteiger partial charge in [-0.2, -0.15) is 0 Å². The first-order chi connectivity index (χ1) is 14.2. The Morgan fingerprint density at radius 2 is 1.71 bits per heavy atom. The van der Waals surface area contributed by atoms with Crippen LogP contribution in [0.2, 0.25) is 0 Å². The van der Waals surface area contributed by atoms with E-state index in [1.54, 1.807) is 0 Å². The van der Waals surface area contributed by atoms with Crippen molar-refractivity contribution in [2.75, 3.05) is 37.8 Å². The van der Waals surface area contributed by atoms with Crippen molar-refractivity contribution in [2.24, 2.45) is 0 Å². The Bertz CT molecular complexity index is 900. The van der Waals surface area contributed by atoms with Crippen LogP contribution < -0.4 is 15.0 Å². The number of nitrogens with zero attached hydrogens (tertiary/aromatic N) is 2. The van der Waals surface area contributed by atoms with Crippen molar-refractivity contribution >= 4 is 24.1 Å². The van der Waals surface area contributed by atoms with Crippen LogP contribution in [0.25, 0.3) is 0 Å². The van der Waals surface area contributed by atoms with Gasteiger partial charge in [0.15, 0.2) is 6.73 Å². The van der Waals surface area contributed by atoms with Gasteiger partial charge in [0.2, 0.25) is 0 Å². The smallest absolute Gasteiger partial charge is 0.320 e. The molecule has 3 rings (SSSR count). The Hall–Kier alpha value is -2.40. The Kier molecular flexibility index (Phi) is 8.24. The van der Waals surface area contributed by atoms with Crippen LogP contribution in [0.15, 0.2) is 36.4 Å². The molecule has 0 bridgehead atoms. The lowest BCUT2D eigenvalue weighted by molar-refractivity contribution is 0.181. The highest BCUT2D eigenvalue weighted by atomic mass is 35.5. The fourth-order valence-corrected chi connectivity index (χ4v) is 3.87. The van der Waals surface area contributed by atoms with Crippen molar-refractivity contribution in [3.8, 4) is 5.75 Å². The molecule has 0 saturated carbocycles. The van der Waals surface area contributed by atoms with E-state index in [9.17, 15) is 4.79 Å². The number of rotatable bonds is 4. The van der Waals surface area contributed by atoms with Crippen LogP contribution in [0, 0.1) is 20.8 Å². The Morgan fingerprint density at radius 1 is 1.03 bits per heavy atom. The average Bonchev–Trinajstić information content (AvgIpc) is 2.70. The number of carbonyl (C=O) groups is 1. The number of carbonyl (C=O) groups excluding carboxylic acids is 1. The zero-order chi connectivity index (χ0) is 21.9. The van der Waals surface area contributed by atoms with E-state index < -0.39 is 0 Å². The summed E-state index contributed by atoms with van der Waals surface area (Å²) in [6.45, 7) is 16.2. The molecule has 1 fully saturated rings. The number of halogens is 1. The summed E-state index contributed by atoms with van der Waals surface area (Å²) in [4.78, 5) is 16.8. The van der Waals surface area contributed by atoms with E-state index >= 15 is 0 Å². The maximum Gasteiger partial charge on any atom is 0.320 e. The third kappa shape index (κ3) is 6.07. The van der Waals surface area contributed by atoms with Gasteiger partial charge in [-0.3, -0.25) is 0 Å². The quantitative estimate of drug-likeness (QED) is 0.658. The summed E-state index contributed by atoms with van der Waals surface area (Å²) < 4.78 is 5.93. The molecule has 170 valence electrons. The molecule has 1 aliphatic rings. The molecule has 1 aliphatic heterocycles. The molecule has 0 unspecified atom stereocenters. The van der Waals surface area contributed by atoms with Gasteiger partial charge in [-0.15, -0.1) is 12.4 Å². The van der Waals surface area contributed by atoms with Gasteiger partial charge in [0.1, 0.15) is 5.75 Å². The number of ether oxygens (including phenoxy) is 1. The van der Waals surface area contributed by atoms with E-state index in [1.165, 1.54) is 22.4 Å². The van der Waals surface area contributed by atoms with Crippen molar-refractivity contribution in [2.45, 2.75) is 47.0 Å². The summed E-state index contributed by atoms with van der Waals surface area (Å²) in [7, 11) is 0. The van der Waals surface area contributed by atoms with Gasteiger partial charge >= 0.3 is 6.03 Å². The van der Waals surface area contributed by atoms with Crippen LogP contribution in [-0.4, -0.2) is 43.8 Å². The number of hydrogen-bond donors (Lipinski definition) is 1. The molecule has 1 saturated heterocycles. The first kappa shape index (κ1) is 24.9. The molecule has 31 heavy (non-hydrogen) atoms. The second-order valence-corrected chi connectivity index (χ2v) is 9.21. The topological polar surface area (TPSA) is 44.8 Å². The van der Waals surface area contributed by atoms with Crippen molar-refractivity contribution in [1.82, 2.24) is 10.2 Å². The van der Waals surface area contributed by atoms with Crippen molar-refractivity contribution in [3.05, 3.63) is 58.7 Å². The van der Waals surface area contributed by atoms with Crippen molar-refractivity contribution in [3.63, 3.8) is 0 Å². The summed E-state index contributed by atoms with van der Waals surface area (Å²) in [5, 5.41) is 2.92. The fraction of sp³-hybridized carbons (Fsp3) is 0.480. The molecule has 0 aliphatic carbocycles. The van der Waals surface area contributed by atoms with Gasteiger partial charge in [0, 0.05) is 31.9 Å². The van der Waals surface area contributed by atoms with Crippen LogP contribution in [0.5, 0.6) is 5.75 Å². The minimum atomic E-state index is -0.0694. The second kappa shape index (κ2) is 10.3. The lowest BCUT2D eigenvalue weighted by Crippen LogP contribution is -2.52. The number of benzene rings is 2. The van der Waals surface area contributed by atoms with Gasteiger partial charge in [0.05, 0.1) is 0 Å². The SMILES string of the molecule is Cc1ccc(OCNC(=O)N2CCN(c3cccc(C)c3C)CC2)c(C(C)(C)C)c1.Cl. The first-order valence-corrected chi connectivity index (χ1v) is 10.7. The minimum absolute atomic E-state index is 0. The Balaban J connectivity index is 0.00000341. The summed E-state index contributed by atoms with van der Waals surface area (Å²) in [6.07, 6.45) is 0. The number of hydrogen-bond acceptors (Lipinski definition) is 3. The van der Waals surface area contributed by atoms with E-state index in [0.717, 1.165) is 24.4 Å². The van der Waals surface area contributed by atoms with Crippen LogP contribution in [0.4, 0.5) is 10.5 Å². The first-order valence-electron chi connectivity index (χ1n) is 10.7. The molecular weight excluding hydrogens is 410 g/mol. The highest BCUT2D eigenvalue weighted by Crippen LogP contribution is 2.32. The number of amides is 2. The molecule has 1 heterocycles. The minimum Gasteiger partial charge on any atom is -0.473 e. The maximum atomic E-state index is 12.6. The lowest BCUT2D eigenvalue weighted by Gasteiger charge is -2.37. The average molecular weight is 446 g/mol. The summed E-state index contributed by atoms with van der Waals surface area (Å²) in [6, 6.07) is 12.5. The predicted octanol–water partition coefficient (Wildman–Crippen LogP) is 5.20. The number of nitrogens with one attached hydrogen (secondary N) is 1. The summed E-state index contributed by atoms with van der Waals surface area (Å²) >= 11 is 0. The van der Waals surface area contributed by atoms with E-state index in [-0.39, 0.29) is 30.6 Å². The zero-order valence-electron chi connectivity index (χ0n) is 19.6. The molecule has 6 heteroatoms. The molecule has 1 N–H and O–H groups in total. The molecule has 0 atom stereocenters. The molecule has 0 aromatic heterocycles. The second-order valence-electron chi connectivity index (χ2n) is 9.21. The standard InChI is InChI=1S/C25H35N3O2.ClH/c1-18-10-11-23(21(16-18)25(4,5)6)30-17-26-24(29)28-14-12-27(13-15-28)22-9-7-8-19(2)20(22)3;/h7-11,16H,12-15,17H2,1-6H3,(H,26,29);1H. The van der Waals surface area contributed by atoms with Crippen LogP contribution in [-0.2, 0) is 5.41 Å². The van der Waals surface area contributed by atoms with Crippen LogP contribution in [0.1, 0.15) is 43.0 Å². The molecule has 2 aromatic rings. The summed E-state index contributed by atoms with van der Waals surface area (Å²) in [5.41, 5.74) is 6.23. The normalized spacial score (nSPS) is 14.1. The highest BCUT2D eigenvalue weighted by Gasteiger charge is 2.23. The van der Waals surface area contributed by atoms with E-state index in [1.807, 2.05) is 17.0 Å². The van der Waals surface area contributed by atoms with Gasteiger partial charge in [-0.1, -0.05) is 50.6 Å². The number of urea groups is 1. The van der Waals surface area contributed by atoms with E-state index in [0.29, 0.717) is 13.1 Å². The monoisotopic (exact) mass is 445 g/mol. The van der Waals surface area contributed by atoms with Crippen LogP contribution in [0.3, 0.4) is 0 Å².